The Bertz CT molecular complexity index is 1300. The van der Waals surface area contributed by atoms with E-state index in [4.69, 9.17) is 14.2 Å². The van der Waals surface area contributed by atoms with Gasteiger partial charge in [0.15, 0.2) is 6.29 Å². The Hall–Kier alpha value is -2.64. The molecule has 6 N–H and O–H groups in total. The van der Waals surface area contributed by atoms with Gasteiger partial charge in [-0.1, -0.05) is 177 Å². The molecule has 1 aliphatic heterocycles. The minimum absolute atomic E-state index is 0.0490. The predicted molar refractivity (Wildman–Crippen MR) is 273 cm³/mol. The number of aliphatic hydroxyl groups is 5. The molecule has 1 fully saturated rings. The number of ether oxygens (including phenoxy) is 3. The fourth-order valence-corrected chi connectivity index (χ4v) is 7.96. The first kappa shape index (κ1) is 62.4. The van der Waals surface area contributed by atoms with Crippen molar-refractivity contribution in [2.45, 2.75) is 262 Å². The summed E-state index contributed by atoms with van der Waals surface area (Å²) < 4.78 is 16.6. The maximum absolute atomic E-state index is 12.9. The zero-order valence-electron chi connectivity index (χ0n) is 42.3. The number of esters is 1. The van der Waals surface area contributed by atoms with Gasteiger partial charge in [0.25, 0.3) is 0 Å². The Morgan fingerprint density at radius 3 is 1.61 bits per heavy atom. The molecular formula is C56H99NO10. The van der Waals surface area contributed by atoms with E-state index in [9.17, 15) is 35.1 Å². The number of allylic oxidation sites excluding steroid dienone is 9. The summed E-state index contributed by atoms with van der Waals surface area (Å²) in [6, 6.07) is -0.872. The summed E-state index contributed by atoms with van der Waals surface area (Å²) in [7, 11) is 0. The van der Waals surface area contributed by atoms with E-state index in [1.54, 1.807) is 6.08 Å². The van der Waals surface area contributed by atoms with Gasteiger partial charge in [-0.05, 0) is 89.9 Å². The van der Waals surface area contributed by atoms with Crippen LogP contribution in [0, 0.1) is 0 Å². The van der Waals surface area contributed by atoms with Gasteiger partial charge in [0.05, 0.1) is 32.0 Å². The van der Waals surface area contributed by atoms with Crippen LogP contribution in [0.4, 0.5) is 0 Å². The first-order valence-corrected chi connectivity index (χ1v) is 27.1. The van der Waals surface area contributed by atoms with E-state index in [0.29, 0.717) is 19.4 Å². The monoisotopic (exact) mass is 946 g/mol. The van der Waals surface area contributed by atoms with Crippen molar-refractivity contribution in [2.24, 2.45) is 0 Å². The van der Waals surface area contributed by atoms with Gasteiger partial charge in [-0.3, -0.25) is 9.59 Å². The molecule has 0 aromatic heterocycles. The third kappa shape index (κ3) is 36.0. The number of aliphatic hydroxyl groups excluding tert-OH is 5. The van der Waals surface area contributed by atoms with Crippen LogP contribution in [-0.2, 0) is 23.8 Å². The van der Waals surface area contributed by atoms with E-state index < -0.39 is 49.5 Å². The SMILES string of the molecule is CCCCCC/C=C/CC/C=C/C(O)C(COC1OC(CO)C(O)C(O)C1O)NC(=O)CC/C=C\C/C=C\CCCCCCCCOC(=O)CCCCCCC/C=C\CCCCCCCCC. The van der Waals surface area contributed by atoms with Crippen LogP contribution in [0.5, 0.6) is 0 Å². The van der Waals surface area contributed by atoms with Crippen LogP contribution in [-0.4, -0.2) is 100 Å². The normalized spacial score (nSPS) is 20.0. The van der Waals surface area contributed by atoms with Gasteiger partial charge in [-0.15, -0.1) is 0 Å². The summed E-state index contributed by atoms with van der Waals surface area (Å²) in [5.41, 5.74) is 0. The smallest absolute Gasteiger partial charge is 0.305 e. The van der Waals surface area contributed by atoms with Gasteiger partial charge in [-0.25, -0.2) is 0 Å². The lowest BCUT2D eigenvalue weighted by molar-refractivity contribution is -0.302. The average molecular weight is 946 g/mol. The lowest BCUT2D eigenvalue weighted by Gasteiger charge is -2.40. The molecule has 11 heteroatoms. The third-order valence-electron chi connectivity index (χ3n) is 12.3. The van der Waals surface area contributed by atoms with Crippen LogP contribution < -0.4 is 5.32 Å². The van der Waals surface area contributed by atoms with Crippen molar-refractivity contribution in [3.63, 3.8) is 0 Å². The molecule has 1 heterocycles. The topological polar surface area (TPSA) is 175 Å². The van der Waals surface area contributed by atoms with Gasteiger partial charge >= 0.3 is 5.97 Å². The molecule has 1 rings (SSSR count). The molecule has 0 radical (unpaired) electrons. The Balaban J connectivity index is 2.17. The number of hydrogen-bond acceptors (Lipinski definition) is 10. The van der Waals surface area contributed by atoms with Crippen LogP contribution in [0.25, 0.3) is 0 Å². The van der Waals surface area contributed by atoms with Gasteiger partial charge in [0, 0.05) is 12.8 Å². The number of rotatable bonds is 45. The van der Waals surface area contributed by atoms with Crippen molar-refractivity contribution >= 4 is 11.9 Å². The summed E-state index contributed by atoms with van der Waals surface area (Å²) in [6.07, 6.45) is 47.6. The second kappa shape index (κ2) is 45.8. The molecule has 1 aliphatic rings. The molecule has 0 spiro atoms. The number of unbranched alkanes of at least 4 members (excludes halogenated alkanes) is 23. The predicted octanol–water partition coefficient (Wildman–Crippen LogP) is 11.5. The lowest BCUT2D eigenvalue weighted by Crippen LogP contribution is -2.60. The van der Waals surface area contributed by atoms with Crippen molar-refractivity contribution < 1.29 is 49.3 Å². The summed E-state index contributed by atoms with van der Waals surface area (Å²) in [5, 5.41) is 54.0. The van der Waals surface area contributed by atoms with Crippen molar-refractivity contribution in [1.82, 2.24) is 5.32 Å². The molecule has 1 amide bonds. The molecular weight excluding hydrogens is 847 g/mol. The second-order valence-corrected chi connectivity index (χ2v) is 18.6. The van der Waals surface area contributed by atoms with Crippen molar-refractivity contribution in [3.05, 3.63) is 60.8 Å². The maximum Gasteiger partial charge on any atom is 0.305 e. The lowest BCUT2D eigenvalue weighted by atomic mass is 9.99. The standard InChI is InChI=1S/C56H99NO10/c1-3-5-7-9-11-13-15-16-17-18-21-24-28-32-36-40-44-52(61)65-45-41-37-33-29-25-22-19-20-23-27-31-35-39-43-51(60)57-48(47-66-56-55(64)54(63)53(62)50(46-58)67-56)49(59)42-38-34-30-26-14-12-10-8-6-4-2/h14,17-18,20,23,26,31,35,38,42,48-50,53-56,58-59,62-64H,3-13,15-16,19,21-22,24-25,27-30,32-34,36-37,39-41,43-47H2,1-2H3,(H,57,60)/b18-17-,23-20-,26-14+,35-31-,42-38+. The van der Waals surface area contributed by atoms with Crippen molar-refractivity contribution in [3.8, 4) is 0 Å². The molecule has 0 bridgehead atoms. The Morgan fingerprint density at radius 1 is 0.552 bits per heavy atom. The summed E-state index contributed by atoms with van der Waals surface area (Å²) in [6.45, 7) is 4.17. The zero-order chi connectivity index (χ0) is 48.8. The molecule has 7 unspecified atom stereocenters. The van der Waals surface area contributed by atoms with E-state index in [2.05, 4.69) is 55.6 Å². The van der Waals surface area contributed by atoms with Gasteiger partial charge in [-0.2, -0.15) is 0 Å². The highest BCUT2D eigenvalue weighted by Gasteiger charge is 2.44. The minimum Gasteiger partial charge on any atom is -0.466 e. The number of carbonyl (C=O) groups is 2. The number of hydrogen-bond donors (Lipinski definition) is 6. The Morgan fingerprint density at radius 2 is 1.03 bits per heavy atom. The first-order valence-electron chi connectivity index (χ1n) is 27.1. The molecule has 388 valence electrons. The van der Waals surface area contributed by atoms with Crippen LogP contribution >= 0.6 is 0 Å². The van der Waals surface area contributed by atoms with Gasteiger partial charge < -0.3 is 45.1 Å². The van der Waals surface area contributed by atoms with E-state index in [0.717, 1.165) is 70.6 Å². The molecule has 67 heavy (non-hydrogen) atoms. The average Bonchev–Trinajstić information content (AvgIpc) is 3.32. The highest BCUT2D eigenvalue weighted by atomic mass is 16.7. The molecule has 0 aromatic rings. The fraction of sp³-hybridized carbons (Fsp3) is 0.786. The molecule has 11 nitrogen and oxygen atoms in total. The second-order valence-electron chi connectivity index (χ2n) is 18.6. The highest BCUT2D eigenvalue weighted by Crippen LogP contribution is 2.22. The highest BCUT2D eigenvalue weighted by molar-refractivity contribution is 5.76. The van der Waals surface area contributed by atoms with Gasteiger partial charge in [0.2, 0.25) is 5.91 Å². The molecule has 1 saturated heterocycles. The zero-order valence-corrected chi connectivity index (χ0v) is 42.3. The number of carbonyl (C=O) groups excluding carboxylic acids is 2. The van der Waals surface area contributed by atoms with E-state index >= 15 is 0 Å². The van der Waals surface area contributed by atoms with Crippen LogP contribution in [0.15, 0.2) is 60.8 Å². The minimum atomic E-state index is -1.59. The van der Waals surface area contributed by atoms with Crippen molar-refractivity contribution in [2.75, 3.05) is 19.8 Å². The largest absolute Gasteiger partial charge is 0.466 e. The van der Waals surface area contributed by atoms with Gasteiger partial charge in [0.1, 0.15) is 24.4 Å². The van der Waals surface area contributed by atoms with Crippen LogP contribution in [0.1, 0.15) is 219 Å². The van der Waals surface area contributed by atoms with Crippen molar-refractivity contribution in [1.29, 1.82) is 0 Å². The summed E-state index contributed by atoms with van der Waals surface area (Å²) >= 11 is 0. The third-order valence-corrected chi connectivity index (χ3v) is 12.3. The first-order chi connectivity index (χ1) is 32.7. The molecule has 0 saturated carbocycles. The van der Waals surface area contributed by atoms with E-state index in [1.807, 2.05) is 18.2 Å². The van der Waals surface area contributed by atoms with E-state index in [-0.39, 0.29) is 24.9 Å². The molecule has 7 atom stereocenters. The molecule has 0 aliphatic carbocycles. The van der Waals surface area contributed by atoms with Crippen LogP contribution in [0.3, 0.4) is 0 Å². The quantitative estimate of drug-likeness (QED) is 0.0196. The Kier molecular flexibility index (Phi) is 42.6. The number of amides is 1. The summed E-state index contributed by atoms with van der Waals surface area (Å²) in [5.74, 6) is -0.326. The maximum atomic E-state index is 12.9. The number of nitrogens with one attached hydrogen (secondary N) is 1. The molecule has 0 aromatic carbocycles. The van der Waals surface area contributed by atoms with E-state index in [1.165, 1.54) is 116 Å². The van der Waals surface area contributed by atoms with Crippen LogP contribution in [0.2, 0.25) is 0 Å². The fourth-order valence-electron chi connectivity index (χ4n) is 7.96. The summed E-state index contributed by atoms with van der Waals surface area (Å²) in [4.78, 5) is 25.0. The Labute approximate surface area is 408 Å².